The number of sulfone groups is 1. The highest BCUT2D eigenvalue weighted by atomic mass is 35.5. The zero-order chi connectivity index (χ0) is 23.4. The lowest BCUT2D eigenvalue weighted by Crippen LogP contribution is -2.23. The van der Waals surface area contributed by atoms with Crippen molar-refractivity contribution in [3.63, 3.8) is 0 Å². The third-order valence-corrected chi connectivity index (χ3v) is 7.23. The topological polar surface area (TPSA) is 99.5 Å². The summed E-state index contributed by atoms with van der Waals surface area (Å²) < 4.78 is 36.0. The number of benzene rings is 2. The maximum absolute atomic E-state index is 12.2. The molecule has 1 amide bonds. The van der Waals surface area contributed by atoms with E-state index in [1.165, 1.54) is 0 Å². The van der Waals surface area contributed by atoms with Gasteiger partial charge in [-0.1, -0.05) is 41.9 Å². The third-order valence-electron chi connectivity index (χ3n) is 5.26. The monoisotopic (exact) mass is 489 g/mol. The number of nitrogens with one attached hydrogen (secondary N) is 1. The Morgan fingerprint density at radius 3 is 2.73 bits per heavy atom. The number of anilines is 1. The predicted molar refractivity (Wildman–Crippen MR) is 125 cm³/mol. The van der Waals surface area contributed by atoms with Crippen LogP contribution in [0.25, 0.3) is 0 Å². The Bertz CT molecular complexity index is 1240. The minimum absolute atomic E-state index is 0.0347. The highest BCUT2D eigenvalue weighted by molar-refractivity contribution is 7.91. The summed E-state index contributed by atoms with van der Waals surface area (Å²) >= 11 is 6.21. The number of carbonyl (C=O) groups excluding carboxylic acids is 1. The lowest BCUT2D eigenvalue weighted by Gasteiger charge is -2.13. The zero-order valence-corrected chi connectivity index (χ0v) is 19.6. The molecule has 3 aromatic rings. The highest BCUT2D eigenvalue weighted by Gasteiger charge is 2.30. The molecule has 33 heavy (non-hydrogen) atoms. The number of nitrogens with zero attached hydrogens (tertiary/aromatic N) is 2. The van der Waals surface area contributed by atoms with Gasteiger partial charge in [-0.3, -0.25) is 10.00 Å². The fraction of sp³-hybridized carbons (Fsp3) is 0.304. The van der Waals surface area contributed by atoms with Gasteiger partial charge in [-0.25, -0.2) is 13.2 Å². The average molecular weight is 490 g/mol. The van der Waals surface area contributed by atoms with Gasteiger partial charge in [0.2, 0.25) is 0 Å². The maximum atomic E-state index is 12.2. The van der Waals surface area contributed by atoms with Crippen LogP contribution in [0.5, 0.6) is 5.75 Å². The molecule has 1 aromatic heterocycles. The number of amides is 1. The Hall–Kier alpha value is -3.04. The number of ether oxygens (including phenoxy) is 2. The van der Waals surface area contributed by atoms with Gasteiger partial charge in [0.1, 0.15) is 18.5 Å². The van der Waals surface area contributed by atoms with Gasteiger partial charge in [0, 0.05) is 22.3 Å². The van der Waals surface area contributed by atoms with Gasteiger partial charge < -0.3 is 9.47 Å². The van der Waals surface area contributed by atoms with Gasteiger partial charge in [-0.2, -0.15) is 5.10 Å². The summed E-state index contributed by atoms with van der Waals surface area (Å²) in [4.78, 5) is 12.2. The number of hydrogen-bond acceptors (Lipinski definition) is 6. The van der Waals surface area contributed by atoms with Crippen LogP contribution in [0.1, 0.15) is 23.2 Å². The predicted octanol–water partition coefficient (Wildman–Crippen LogP) is 4.21. The van der Waals surface area contributed by atoms with E-state index in [0.29, 0.717) is 36.2 Å². The zero-order valence-electron chi connectivity index (χ0n) is 18.0. The van der Waals surface area contributed by atoms with Crippen molar-refractivity contribution in [1.29, 1.82) is 0 Å². The first-order valence-corrected chi connectivity index (χ1v) is 12.6. The van der Waals surface area contributed by atoms with Crippen molar-refractivity contribution in [2.24, 2.45) is 0 Å². The van der Waals surface area contributed by atoms with Crippen LogP contribution in [-0.2, 0) is 27.7 Å². The summed E-state index contributed by atoms with van der Waals surface area (Å²) in [5, 5.41) is 7.57. The molecule has 0 spiro atoms. The highest BCUT2D eigenvalue weighted by Crippen LogP contribution is 2.26. The van der Waals surface area contributed by atoms with Crippen molar-refractivity contribution in [3.05, 3.63) is 76.4 Å². The van der Waals surface area contributed by atoms with Gasteiger partial charge in [0.25, 0.3) is 0 Å². The first-order chi connectivity index (χ1) is 15.8. The molecule has 2 heterocycles. The minimum Gasteiger partial charge on any atom is -0.489 e. The number of hydrogen-bond donors (Lipinski definition) is 1. The van der Waals surface area contributed by atoms with Crippen LogP contribution in [0.15, 0.2) is 54.6 Å². The van der Waals surface area contributed by atoms with E-state index in [2.05, 4.69) is 10.4 Å². The first-order valence-electron chi connectivity index (χ1n) is 10.4. The third kappa shape index (κ3) is 6.27. The Kier molecular flexibility index (Phi) is 6.90. The summed E-state index contributed by atoms with van der Waals surface area (Å²) in [6.07, 6.45) is -1.05. The van der Waals surface area contributed by atoms with Gasteiger partial charge in [0.05, 0.1) is 18.1 Å². The SMILES string of the molecule is Cc1cc(NC(=O)OC2CCS(=O)(=O)C2)nn1Cc1cc(Cl)ccc1OCc1ccccc1. The lowest BCUT2D eigenvalue weighted by molar-refractivity contribution is 0.124. The summed E-state index contributed by atoms with van der Waals surface area (Å²) in [6, 6.07) is 17.0. The molecule has 1 fully saturated rings. The molecule has 174 valence electrons. The normalized spacial score (nSPS) is 17.0. The van der Waals surface area contributed by atoms with E-state index in [9.17, 15) is 13.2 Å². The fourth-order valence-electron chi connectivity index (χ4n) is 3.58. The van der Waals surface area contributed by atoms with Gasteiger partial charge in [-0.15, -0.1) is 0 Å². The summed E-state index contributed by atoms with van der Waals surface area (Å²) in [6.45, 7) is 2.67. The molecule has 8 nitrogen and oxygen atoms in total. The molecular weight excluding hydrogens is 466 g/mol. The second-order valence-electron chi connectivity index (χ2n) is 7.91. The van der Waals surface area contributed by atoms with E-state index >= 15 is 0 Å². The molecule has 1 N–H and O–H groups in total. The van der Waals surface area contributed by atoms with E-state index in [1.54, 1.807) is 16.8 Å². The first kappa shape index (κ1) is 23.1. The molecule has 1 unspecified atom stereocenters. The molecule has 1 aliphatic rings. The van der Waals surface area contributed by atoms with Crippen molar-refractivity contribution in [1.82, 2.24) is 9.78 Å². The summed E-state index contributed by atoms with van der Waals surface area (Å²) in [7, 11) is -3.13. The second kappa shape index (κ2) is 9.84. The summed E-state index contributed by atoms with van der Waals surface area (Å²) in [5.41, 5.74) is 2.70. The molecule has 0 aliphatic carbocycles. The molecular formula is C23H24ClN3O5S. The smallest absolute Gasteiger partial charge is 0.413 e. The van der Waals surface area contributed by atoms with Crippen molar-refractivity contribution in [2.75, 3.05) is 16.8 Å². The van der Waals surface area contributed by atoms with Crippen LogP contribution >= 0.6 is 11.6 Å². The number of carbonyl (C=O) groups is 1. The molecule has 0 saturated carbocycles. The second-order valence-corrected chi connectivity index (χ2v) is 10.6. The van der Waals surface area contributed by atoms with Crippen LogP contribution in [0, 0.1) is 6.92 Å². The minimum atomic E-state index is -3.13. The van der Waals surface area contributed by atoms with Crippen LogP contribution < -0.4 is 10.1 Å². The molecule has 1 atom stereocenters. The van der Waals surface area contributed by atoms with Crippen molar-refractivity contribution < 1.29 is 22.7 Å². The standard InChI is InChI=1S/C23H24ClN3O5S/c1-16-11-22(25-23(28)32-20-9-10-33(29,30)15-20)26-27(16)13-18-12-19(24)7-8-21(18)31-14-17-5-3-2-4-6-17/h2-8,11-12,20H,9-10,13-15H2,1H3,(H,25,26,28). The van der Waals surface area contributed by atoms with Crippen LogP contribution in [0.4, 0.5) is 10.6 Å². The molecule has 4 rings (SSSR count). The van der Waals surface area contributed by atoms with Crippen molar-refractivity contribution >= 4 is 33.3 Å². The van der Waals surface area contributed by atoms with Gasteiger partial charge in [0.15, 0.2) is 15.7 Å². The van der Waals surface area contributed by atoms with E-state index < -0.39 is 22.0 Å². The van der Waals surface area contributed by atoms with Crippen LogP contribution in [0.2, 0.25) is 5.02 Å². The van der Waals surface area contributed by atoms with Crippen LogP contribution in [-0.4, -0.2) is 41.9 Å². The molecule has 0 bridgehead atoms. The number of halogens is 1. The number of rotatable bonds is 7. The molecule has 10 heteroatoms. The van der Waals surface area contributed by atoms with E-state index in [1.807, 2.05) is 49.4 Å². The number of aryl methyl sites for hydroxylation is 1. The molecule has 1 aliphatic heterocycles. The van der Waals surface area contributed by atoms with E-state index in [4.69, 9.17) is 21.1 Å². The van der Waals surface area contributed by atoms with Crippen molar-refractivity contribution in [2.45, 2.75) is 32.6 Å². The quantitative estimate of drug-likeness (QED) is 0.533. The number of aromatic nitrogens is 2. The Balaban J connectivity index is 1.42. The van der Waals surface area contributed by atoms with E-state index in [-0.39, 0.29) is 11.5 Å². The van der Waals surface area contributed by atoms with Crippen molar-refractivity contribution in [3.8, 4) is 5.75 Å². The fourth-order valence-corrected chi connectivity index (χ4v) is 5.36. The van der Waals surface area contributed by atoms with Gasteiger partial charge in [-0.05, 0) is 37.1 Å². The molecule has 0 radical (unpaired) electrons. The Morgan fingerprint density at radius 1 is 1.21 bits per heavy atom. The lowest BCUT2D eigenvalue weighted by atomic mass is 10.2. The summed E-state index contributed by atoms with van der Waals surface area (Å²) in [5.74, 6) is 0.892. The molecule has 1 saturated heterocycles. The van der Waals surface area contributed by atoms with Gasteiger partial charge >= 0.3 is 6.09 Å². The average Bonchev–Trinajstić information content (AvgIpc) is 3.28. The largest absolute Gasteiger partial charge is 0.489 e. The Morgan fingerprint density at radius 2 is 2.00 bits per heavy atom. The van der Waals surface area contributed by atoms with E-state index in [0.717, 1.165) is 16.8 Å². The Labute approximate surface area is 197 Å². The maximum Gasteiger partial charge on any atom is 0.413 e. The molecule has 2 aromatic carbocycles. The van der Waals surface area contributed by atoms with Crippen LogP contribution in [0.3, 0.4) is 0 Å².